The third-order valence-corrected chi connectivity index (χ3v) is 3.69. The highest BCUT2D eigenvalue weighted by Crippen LogP contribution is 2.21. The summed E-state index contributed by atoms with van der Waals surface area (Å²) in [6.45, 7) is 0.436. The zero-order valence-corrected chi connectivity index (χ0v) is 13.1. The fourth-order valence-electron chi connectivity index (χ4n) is 2.49. The first-order valence-corrected chi connectivity index (χ1v) is 7.99. The van der Waals surface area contributed by atoms with Gasteiger partial charge in [0.2, 0.25) is 5.91 Å². The summed E-state index contributed by atoms with van der Waals surface area (Å²) in [5.41, 5.74) is 0.683. The van der Waals surface area contributed by atoms with E-state index < -0.39 is 5.97 Å². The molecule has 0 bridgehead atoms. The van der Waals surface area contributed by atoms with Crippen molar-refractivity contribution in [1.29, 1.82) is 0 Å². The van der Waals surface area contributed by atoms with Crippen molar-refractivity contribution in [1.82, 2.24) is 0 Å². The molecule has 1 aromatic carbocycles. The molecule has 1 aliphatic rings. The molecule has 1 fully saturated rings. The monoisotopic (exact) mass is 321 g/mol. The quantitative estimate of drug-likeness (QED) is 0.683. The van der Waals surface area contributed by atoms with Gasteiger partial charge in [0.1, 0.15) is 12.4 Å². The van der Waals surface area contributed by atoms with Gasteiger partial charge in [0.25, 0.3) is 0 Å². The van der Waals surface area contributed by atoms with E-state index in [9.17, 15) is 9.59 Å². The van der Waals surface area contributed by atoms with Crippen molar-refractivity contribution < 1.29 is 24.2 Å². The van der Waals surface area contributed by atoms with E-state index in [0.717, 1.165) is 12.8 Å². The lowest BCUT2D eigenvalue weighted by atomic mass is 10.3. The molecule has 1 aromatic rings. The van der Waals surface area contributed by atoms with E-state index >= 15 is 0 Å². The second kappa shape index (κ2) is 9.15. The molecular formula is C17H23NO5. The van der Waals surface area contributed by atoms with Crippen molar-refractivity contribution in [2.45, 2.75) is 44.6 Å². The van der Waals surface area contributed by atoms with Crippen molar-refractivity contribution in [3.05, 3.63) is 24.3 Å². The molecule has 23 heavy (non-hydrogen) atoms. The van der Waals surface area contributed by atoms with E-state index in [4.69, 9.17) is 14.6 Å². The molecule has 0 atom stereocenters. The summed E-state index contributed by atoms with van der Waals surface area (Å²) >= 11 is 0. The lowest BCUT2D eigenvalue weighted by Gasteiger charge is -2.11. The lowest BCUT2D eigenvalue weighted by molar-refractivity contribution is -0.137. The van der Waals surface area contributed by atoms with Gasteiger partial charge in [0, 0.05) is 12.1 Å². The number of carbonyl (C=O) groups is 2. The minimum absolute atomic E-state index is 0.0815. The summed E-state index contributed by atoms with van der Waals surface area (Å²) in [7, 11) is 0. The zero-order valence-electron chi connectivity index (χ0n) is 13.1. The van der Waals surface area contributed by atoms with E-state index in [2.05, 4.69) is 5.32 Å². The van der Waals surface area contributed by atoms with Gasteiger partial charge in [-0.1, -0.05) is 12.8 Å². The SMILES string of the molecule is O=C(O)CCCOc1ccc(NC(=O)COC2CCCC2)cc1. The number of hydrogen-bond acceptors (Lipinski definition) is 4. The molecule has 2 rings (SSSR count). The van der Waals surface area contributed by atoms with Gasteiger partial charge in [0.05, 0.1) is 12.7 Å². The molecular weight excluding hydrogens is 298 g/mol. The summed E-state index contributed by atoms with van der Waals surface area (Å²) in [6.07, 6.45) is 5.23. The smallest absolute Gasteiger partial charge is 0.303 e. The van der Waals surface area contributed by atoms with Gasteiger partial charge < -0.3 is 19.9 Å². The van der Waals surface area contributed by atoms with Gasteiger partial charge in [-0.05, 0) is 43.5 Å². The summed E-state index contributed by atoms with van der Waals surface area (Å²) in [5.74, 6) is -0.339. The molecule has 0 spiro atoms. The van der Waals surface area contributed by atoms with Crippen molar-refractivity contribution in [3.63, 3.8) is 0 Å². The molecule has 6 nitrogen and oxygen atoms in total. The van der Waals surface area contributed by atoms with Crippen LogP contribution in [0.15, 0.2) is 24.3 Å². The van der Waals surface area contributed by atoms with Crippen LogP contribution in [0.4, 0.5) is 5.69 Å². The molecule has 2 N–H and O–H groups in total. The molecule has 0 saturated heterocycles. The summed E-state index contributed by atoms with van der Waals surface area (Å²) in [4.78, 5) is 22.2. The van der Waals surface area contributed by atoms with E-state index in [1.165, 1.54) is 12.8 Å². The van der Waals surface area contributed by atoms with E-state index in [0.29, 0.717) is 24.5 Å². The van der Waals surface area contributed by atoms with E-state index in [1.807, 2.05) is 0 Å². The molecule has 1 aliphatic carbocycles. The first-order chi connectivity index (χ1) is 11.1. The highest BCUT2D eigenvalue weighted by molar-refractivity contribution is 5.91. The summed E-state index contributed by atoms with van der Waals surface area (Å²) in [6, 6.07) is 6.99. The van der Waals surface area contributed by atoms with Crippen LogP contribution in [-0.4, -0.2) is 36.3 Å². The van der Waals surface area contributed by atoms with Gasteiger partial charge in [-0.2, -0.15) is 0 Å². The zero-order chi connectivity index (χ0) is 16.5. The molecule has 0 heterocycles. The number of nitrogens with one attached hydrogen (secondary N) is 1. The number of carbonyl (C=O) groups excluding carboxylic acids is 1. The maximum Gasteiger partial charge on any atom is 0.303 e. The predicted molar refractivity (Wildman–Crippen MR) is 85.6 cm³/mol. The van der Waals surface area contributed by atoms with Crippen LogP contribution in [0, 0.1) is 0 Å². The Morgan fingerprint density at radius 3 is 2.52 bits per heavy atom. The van der Waals surface area contributed by atoms with Crippen LogP contribution in [0.1, 0.15) is 38.5 Å². The Balaban J connectivity index is 1.67. The molecule has 6 heteroatoms. The van der Waals surface area contributed by atoms with E-state index in [-0.39, 0.29) is 25.0 Å². The Morgan fingerprint density at radius 2 is 1.87 bits per heavy atom. The highest BCUT2D eigenvalue weighted by Gasteiger charge is 2.16. The molecule has 0 radical (unpaired) electrons. The fourth-order valence-corrected chi connectivity index (χ4v) is 2.49. The van der Waals surface area contributed by atoms with Crippen molar-refractivity contribution in [3.8, 4) is 5.75 Å². The van der Waals surface area contributed by atoms with Crippen LogP contribution in [-0.2, 0) is 14.3 Å². The van der Waals surface area contributed by atoms with Crippen molar-refractivity contribution in [2.24, 2.45) is 0 Å². The lowest BCUT2D eigenvalue weighted by Crippen LogP contribution is -2.21. The topological polar surface area (TPSA) is 84.9 Å². The Bertz CT molecular complexity index is 508. The van der Waals surface area contributed by atoms with Gasteiger partial charge in [-0.3, -0.25) is 9.59 Å². The molecule has 0 aromatic heterocycles. The van der Waals surface area contributed by atoms with Gasteiger partial charge >= 0.3 is 5.97 Å². The number of carboxylic acids is 1. The number of ether oxygens (including phenoxy) is 2. The highest BCUT2D eigenvalue weighted by atomic mass is 16.5. The first-order valence-electron chi connectivity index (χ1n) is 7.99. The molecule has 1 saturated carbocycles. The van der Waals surface area contributed by atoms with Crippen LogP contribution >= 0.6 is 0 Å². The Hall–Kier alpha value is -2.08. The normalized spacial score (nSPS) is 14.6. The number of rotatable bonds is 9. The molecule has 0 unspecified atom stereocenters. The van der Waals surface area contributed by atoms with Gasteiger partial charge in [-0.25, -0.2) is 0 Å². The third kappa shape index (κ3) is 6.69. The summed E-state index contributed by atoms with van der Waals surface area (Å²) < 4.78 is 11.0. The van der Waals surface area contributed by atoms with E-state index in [1.54, 1.807) is 24.3 Å². The number of carboxylic acid groups (broad SMARTS) is 1. The average Bonchev–Trinajstić information content (AvgIpc) is 3.04. The fraction of sp³-hybridized carbons (Fsp3) is 0.529. The second-order valence-electron chi connectivity index (χ2n) is 5.64. The Morgan fingerprint density at radius 1 is 1.17 bits per heavy atom. The average molecular weight is 321 g/mol. The predicted octanol–water partition coefficient (Wildman–Crippen LogP) is 2.83. The molecule has 1 amide bonds. The van der Waals surface area contributed by atoms with Crippen LogP contribution in [0.3, 0.4) is 0 Å². The first kappa shape index (κ1) is 17.3. The number of amides is 1. The minimum Gasteiger partial charge on any atom is -0.494 e. The maximum absolute atomic E-state index is 11.8. The number of aliphatic carboxylic acids is 1. The van der Waals surface area contributed by atoms with Crippen LogP contribution in [0.5, 0.6) is 5.75 Å². The van der Waals surface area contributed by atoms with Crippen LogP contribution in [0.25, 0.3) is 0 Å². The standard InChI is InChI=1S/C17H23NO5/c19-16(12-23-14-4-1-2-5-14)18-13-7-9-15(10-8-13)22-11-3-6-17(20)21/h7-10,14H,1-6,11-12H2,(H,18,19)(H,20,21). The van der Waals surface area contributed by atoms with Crippen LogP contribution < -0.4 is 10.1 Å². The van der Waals surface area contributed by atoms with Crippen LogP contribution in [0.2, 0.25) is 0 Å². The van der Waals surface area contributed by atoms with Crippen molar-refractivity contribution >= 4 is 17.6 Å². The largest absolute Gasteiger partial charge is 0.494 e. The second-order valence-corrected chi connectivity index (χ2v) is 5.64. The number of anilines is 1. The van der Waals surface area contributed by atoms with Gasteiger partial charge in [-0.15, -0.1) is 0 Å². The van der Waals surface area contributed by atoms with Gasteiger partial charge in [0.15, 0.2) is 0 Å². The Kier molecular flexibility index (Phi) is 6.87. The number of benzene rings is 1. The number of hydrogen-bond donors (Lipinski definition) is 2. The molecule has 126 valence electrons. The Labute approximate surface area is 135 Å². The minimum atomic E-state index is -0.827. The molecule has 0 aliphatic heterocycles. The maximum atomic E-state index is 11.8. The third-order valence-electron chi connectivity index (χ3n) is 3.69. The van der Waals surface area contributed by atoms with Crippen molar-refractivity contribution in [2.75, 3.05) is 18.5 Å². The summed E-state index contributed by atoms with van der Waals surface area (Å²) in [5, 5.41) is 11.3.